The number of hydrogen-bond donors (Lipinski definition) is 2. The van der Waals surface area contributed by atoms with Crippen LogP contribution in [-0.2, 0) is 9.59 Å². The summed E-state index contributed by atoms with van der Waals surface area (Å²) in [6, 6.07) is 7.09. The largest absolute Gasteiger partial charge is 0.481 e. The Morgan fingerprint density at radius 3 is 2.55 bits per heavy atom. The Morgan fingerprint density at radius 1 is 1.25 bits per heavy atom. The fourth-order valence-electron chi connectivity index (χ4n) is 2.07. The molecule has 2 N–H and O–H groups in total. The molecule has 1 aromatic carbocycles. The molecule has 2 atom stereocenters. The molecule has 20 heavy (non-hydrogen) atoms. The zero-order valence-electron chi connectivity index (χ0n) is 10.4. The lowest BCUT2D eigenvalue weighted by atomic mass is 10.1. The molecule has 2 aromatic rings. The van der Waals surface area contributed by atoms with Crippen LogP contribution in [0.4, 0.5) is 5.69 Å². The molecule has 102 valence electrons. The number of hydrogen-bond acceptors (Lipinski definition) is 4. The van der Waals surface area contributed by atoms with Gasteiger partial charge in [-0.05, 0) is 30.7 Å². The number of benzene rings is 1. The standard InChI is InChI=1S/C14H12N2O4/c17-13(10-5-11(10)14(18)19)16-9-3-1-8(2-4-9)12-6-15-7-20-12/h1-4,6-7,10-11H,5H2,(H,16,17)(H,18,19)/t10-,11+/m1/s1. The van der Waals surface area contributed by atoms with Gasteiger partial charge in [0.1, 0.15) is 0 Å². The van der Waals surface area contributed by atoms with E-state index in [1.54, 1.807) is 30.5 Å². The summed E-state index contributed by atoms with van der Waals surface area (Å²) in [7, 11) is 0. The van der Waals surface area contributed by atoms with Gasteiger partial charge in [-0.15, -0.1) is 0 Å². The summed E-state index contributed by atoms with van der Waals surface area (Å²) in [6.07, 6.45) is 3.37. The van der Waals surface area contributed by atoms with Crippen molar-refractivity contribution in [3.8, 4) is 11.3 Å². The number of anilines is 1. The molecule has 6 heteroatoms. The van der Waals surface area contributed by atoms with Gasteiger partial charge < -0.3 is 14.8 Å². The highest BCUT2D eigenvalue weighted by molar-refractivity contribution is 5.98. The van der Waals surface area contributed by atoms with E-state index in [1.165, 1.54) is 6.39 Å². The van der Waals surface area contributed by atoms with Crippen LogP contribution in [0.5, 0.6) is 0 Å². The minimum absolute atomic E-state index is 0.246. The molecule has 3 rings (SSSR count). The molecule has 0 unspecified atom stereocenters. The minimum atomic E-state index is -0.911. The molecule has 1 fully saturated rings. The summed E-state index contributed by atoms with van der Waals surface area (Å²) in [4.78, 5) is 26.3. The third-order valence-corrected chi connectivity index (χ3v) is 3.31. The van der Waals surface area contributed by atoms with Gasteiger partial charge >= 0.3 is 5.97 Å². The van der Waals surface area contributed by atoms with Gasteiger partial charge in [0, 0.05) is 11.3 Å². The average Bonchev–Trinajstić information content (AvgIpc) is 3.07. The molecule has 0 aliphatic heterocycles. The predicted octanol–water partition coefficient (Wildman–Crippen LogP) is 2.00. The SMILES string of the molecule is O=C(O)[C@H]1C[C@H]1C(=O)Nc1ccc(-c2cnco2)cc1. The first-order valence-electron chi connectivity index (χ1n) is 6.18. The average molecular weight is 272 g/mol. The quantitative estimate of drug-likeness (QED) is 0.888. The maximum absolute atomic E-state index is 11.8. The number of oxazole rings is 1. The third-order valence-electron chi connectivity index (χ3n) is 3.31. The van der Waals surface area contributed by atoms with Gasteiger partial charge in [0.25, 0.3) is 0 Å². The number of amides is 1. The predicted molar refractivity (Wildman–Crippen MR) is 69.8 cm³/mol. The lowest BCUT2D eigenvalue weighted by molar-refractivity contribution is -0.139. The highest BCUT2D eigenvalue weighted by atomic mass is 16.4. The van der Waals surface area contributed by atoms with Crippen LogP contribution in [0.15, 0.2) is 41.3 Å². The number of carbonyl (C=O) groups excluding carboxylic acids is 1. The molecule has 0 spiro atoms. The molecule has 1 aliphatic carbocycles. The van der Waals surface area contributed by atoms with E-state index in [0.717, 1.165) is 5.56 Å². The first-order chi connectivity index (χ1) is 9.65. The molecule has 1 heterocycles. The molecule has 0 bridgehead atoms. The van der Waals surface area contributed by atoms with Crippen LogP contribution in [0.1, 0.15) is 6.42 Å². The second-order valence-corrected chi connectivity index (χ2v) is 4.72. The van der Waals surface area contributed by atoms with Crippen LogP contribution in [0.2, 0.25) is 0 Å². The maximum Gasteiger partial charge on any atom is 0.307 e. The van der Waals surface area contributed by atoms with E-state index >= 15 is 0 Å². The van der Waals surface area contributed by atoms with Crippen molar-refractivity contribution >= 4 is 17.6 Å². The summed E-state index contributed by atoms with van der Waals surface area (Å²) in [6.45, 7) is 0. The van der Waals surface area contributed by atoms with Crippen molar-refractivity contribution in [2.45, 2.75) is 6.42 Å². The van der Waals surface area contributed by atoms with E-state index in [2.05, 4.69) is 10.3 Å². The number of carboxylic acid groups (broad SMARTS) is 1. The first kappa shape index (κ1) is 12.4. The Bertz CT molecular complexity index is 634. The van der Waals surface area contributed by atoms with Gasteiger partial charge in [0.15, 0.2) is 12.2 Å². The van der Waals surface area contributed by atoms with E-state index in [0.29, 0.717) is 17.9 Å². The number of aromatic nitrogens is 1. The van der Waals surface area contributed by atoms with Crippen molar-refractivity contribution in [1.82, 2.24) is 4.98 Å². The van der Waals surface area contributed by atoms with Crippen LogP contribution < -0.4 is 5.32 Å². The highest BCUT2D eigenvalue weighted by Crippen LogP contribution is 2.39. The molecule has 1 saturated carbocycles. The Labute approximate surface area is 114 Å². The first-order valence-corrected chi connectivity index (χ1v) is 6.18. The summed E-state index contributed by atoms with van der Waals surface area (Å²) < 4.78 is 5.17. The monoisotopic (exact) mass is 272 g/mol. The number of rotatable bonds is 4. The van der Waals surface area contributed by atoms with E-state index in [9.17, 15) is 9.59 Å². The van der Waals surface area contributed by atoms with E-state index in [4.69, 9.17) is 9.52 Å². The van der Waals surface area contributed by atoms with Crippen molar-refractivity contribution in [3.63, 3.8) is 0 Å². The van der Waals surface area contributed by atoms with Crippen LogP contribution >= 0.6 is 0 Å². The van der Waals surface area contributed by atoms with Crippen LogP contribution in [0.25, 0.3) is 11.3 Å². The third kappa shape index (κ3) is 2.40. The minimum Gasteiger partial charge on any atom is -0.481 e. The van der Waals surface area contributed by atoms with Crippen LogP contribution in [-0.4, -0.2) is 22.0 Å². The fraction of sp³-hybridized carbons (Fsp3) is 0.214. The molecule has 1 aliphatic rings. The number of carboxylic acids is 1. The summed E-state index contributed by atoms with van der Waals surface area (Å²) in [5, 5.41) is 11.5. The zero-order chi connectivity index (χ0) is 14.1. The van der Waals surface area contributed by atoms with Gasteiger partial charge in [0.2, 0.25) is 5.91 Å². The molecule has 0 radical (unpaired) electrons. The lowest BCUT2D eigenvalue weighted by Crippen LogP contribution is -2.16. The van der Waals surface area contributed by atoms with Crippen LogP contribution in [0, 0.1) is 11.8 Å². The van der Waals surface area contributed by atoms with Crippen LogP contribution in [0.3, 0.4) is 0 Å². The van der Waals surface area contributed by atoms with Gasteiger partial charge in [0.05, 0.1) is 18.0 Å². The van der Waals surface area contributed by atoms with Crippen molar-refractivity contribution in [3.05, 3.63) is 36.9 Å². The molecule has 1 aromatic heterocycles. The molecular weight excluding hydrogens is 260 g/mol. The number of carbonyl (C=O) groups is 2. The number of nitrogens with zero attached hydrogens (tertiary/aromatic N) is 1. The number of aliphatic carboxylic acids is 1. The van der Waals surface area contributed by atoms with Gasteiger partial charge in [-0.1, -0.05) is 0 Å². The molecule has 1 amide bonds. The van der Waals surface area contributed by atoms with Gasteiger partial charge in [-0.2, -0.15) is 0 Å². The zero-order valence-corrected chi connectivity index (χ0v) is 10.4. The Morgan fingerprint density at radius 2 is 2.00 bits per heavy atom. The number of nitrogens with one attached hydrogen (secondary N) is 1. The normalized spacial score (nSPS) is 20.4. The van der Waals surface area contributed by atoms with Gasteiger partial charge in [-0.25, -0.2) is 4.98 Å². The lowest BCUT2D eigenvalue weighted by Gasteiger charge is -2.05. The second kappa shape index (κ2) is 4.80. The smallest absolute Gasteiger partial charge is 0.307 e. The van der Waals surface area contributed by atoms with Gasteiger partial charge in [-0.3, -0.25) is 9.59 Å². The molecule has 6 nitrogen and oxygen atoms in total. The molecular formula is C14H12N2O4. The Balaban J connectivity index is 1.64. The van der Waals surface area contributed by atoms with Crippen molar-refractivity contribution in [2.75, 3.05) is 5.32 Å². The molecule has 0 saturated heterocycles. The maximum atomic E-state index is 11.8. The van der Waals surface area contributed by atoms with E-state index < -0.39 is 17.8 Å². The Kier molecular flexibility index (Phi) is 2.98. The fourth-order valence-corrected chi connectivity index (χ4v) is 2.07. The topological polar surface area (TPSA) is 92.4 Å². The van der Waals surface area contributed by atoms with Crippen molar-refractivity contribution in [2.24, 2.45) is 11.8 Å². The van der Waals surface area contributed by atoms with Crippen molar-refractivity contribution < 1.29 is 19.1 Å². The Hall–Kier alpha value is -2.63. The van der Waals surface area contributed by atoms with E-state index in [-0.39, 0.29) is 5.91 Å². The highest BCUT2D eigenvalue weighted by Gasteiger charge is 2.48. The summed E-state index contributed by atoms with van der Waals surface area (Å²) in [5.41, 5.74) is 1.49. The summed E-state index contributed by atoms with van der Waals surface area (Å²) in [5.74, 6) is -1.46. The summed E-state index contributed by atoms with van der Waals surface area (Å²) >= 11 is 0. The second-order valence-electron chi connectivity index (χ2n) is 4.72. The van der Waals surface area contributed by atoms with E-state index in [1.807, 2.05) is 0 Å². The van der Waals surface area contributed by atoms with Crippen molar-refractivity contribution in [1.29, 1.82) is 0 Å².